The number of rotatable bonds is 20. The first-order valence-electron chi connectivity index (χ1n) is 35.1. The molecule has 0 aliphatic carbocycles. The Bertz CT molecular complexity index is 3920. The number of hydrazone groups is 1. The van der Waals surface area contributed by atoms with E-state index in [9.17, 15) is 79.8 Å². The van der Waals surface area contributed by atoms with Crippen molar-refractivity contribution in [1.29, 1.82) is 0 Å². The molecule has 0 bridgehead atoms. The van der Waals surface area contributed by atoms with E-state index in [0.717, 1.165) is 41.6 Å². The average Bonchev–Trinajstić information content (AvgIpc) is 1.55. The first-order chi connectivity index (χ1) is 49.7. The number of hydrogen-bond donors (Lipinski definition) is 16. The molecule has 608 valence electrons. The number of H-pyrrole nitrogens is 1. The van der Waals surface area contributed by atoms with Gasteiger partial charge in [-0.3, -0.25) is 14.2 Å². The van der Waals surface area contributed by atoms with E-state index in [1.165, 1.54) is 34.3 Å². The maximum absolute atomic E-state index is 12.1. The molecule has 5 fully saturated rings. The number of ether oxygens (including phenoxy) is 5. The van der Waals surface area contributed by atoms with Crippen LogP contribution in [0.25, 0.3) is 0 Å². The fourth-order valence-electron chi connectivity index (χ4n) is 12.4. The molecule has 20 atom stereocenters. The second-order valence-electron chi connectivity index (χ2n) is 31.9. The van der Waals surface area contributed by atoms with Gasteiger partial charge in [0.15, 0.2) is 6.23 Å². The topological polar surface area (TPSA) is 454 Å². The molecule has 108 heavy (non-hydrogen) atoms. The van der Waals surface area contributed by atoms with Crippen LogP contribution in [0.1, 0.15) is 43.8 Å². The molecule has 1 aromatic rings. The van der Waals surface area contributed by atoms with Crippen LogP contribution in [0.15, 0.2) is 105 Å². The number of amides is 7. The second-order valence-corrected chi connectivity index (χ2v) is 53.5. The first kappa shape index (κ1) is 91.4. The minimum Gasteiger partial charge on any atom is -0.388 e. The third-order valence-electron chi connectivity index (χ3n) is 18.9. The smallest absolute Gasteiger partial charge is 0.328 e. The zero-order valence-electron chi connectivity index (χ0n) is 64.3. The molecule has 7 amide bonds. The Hall–Kier alpha value is -5.49. The maximum Gasteiger partial charge on any atom is 0.328 e. The van der Waals surface area contributed by atoms with Gasteiger partial charge in [0, 0.05) is 79.8 Å². The van der Waals surface area contributed by atoms with Crippen LogP contribution >= 0.6 is 34.4 Å². The fourth-order valence-corrected chi connectivity index (χ4v) is 17.2. The van der Waals surface area contributed by atoms with Gasteiger partial charge in [-0.2, -0.15) is 5.10 Å². The molecule has 10 heterocycles. The van der Waals surface area contributed by atoms with E-state index in [2.05, 4.69) is 161 Å². The van der Waals surface area contributed by atoms with E-state index in [1.54, 1.807) is 26.5 Å². The number of carbonyl (C=O) groups is 4. The van der Waals surface area contributed by atoms with Gasteiger partial charge in [-0.05, 0) is 130 Å². The van der Waals surface area contributed by atoms with Crippen LogP contribution in [-0.2, 0) is 35.5 Å². The number of nitrogens with one attached hydrogen (secondary N) is 6. The van der Waals surface area contributed by atoms with Crippen LogP contribution in [0.5, 0.6) is 0 Å². The highest BCUT2D eigenvalue weighted by Crippen LogP contribution is 2.45. The Kier molecular flexibility index (Phi) is 31.7. The highest BCUT2D eigenvalue weighted by atomic mass is 31.2. The summed E-state index contributed by atoms with van der Waals surface area (Å²) < 4.78 is 29.8. The van der Waals surface area contributed by atoms with Crippen molar-refractivity contribution in [3.63, 3.8) is 0 Å². The first-order valence-corrected chi connectivity index (χ1v) is 50.4. The molecule has 16 N–H and O–H groups in total. The maximum atomic E-state index is 12.1. The molecule has 9 aliphatic heterocycles. The number of nitrogens with zero attached hydrogens (tertiary/aromatic N) is 5. The number of aromatic nitrogens is 2. The summed E-state index contributed by atoms with van der Waals surface area (Å²) in [6.07, 6.45) is 18.5. The normalized spacial score (nSPS) is 32.3. The number of carbonyl (C=O) groups excluding carboxylic acids is 4. The largest absolute Gasteiger partial charge is 0.388 e. The SMILES string of the molecule is C=C1NC(=O)C=NN1[C@@H]1O[C@H](CCP(=C)(C)C)[C@@H](O)[C@H]1O.C=C1NC(=O)N(C)C=C1[C@@H]1O[C@H](CCP(=C)(C)C)[C@@H](O)[C@H]1O.C=C1NC(=O)N(C)C=C1[C@@H]1O[C@H](CCP(=C)(C)C)[C@@H](O)[C@H]1O.C=C1NC(=O)NC=C1[C@@H]1O[C@H](CCP(=C)(C)C)[C@@H](O)[C@H]1O.C=P(C)(C)CC[C@H]1O[C@@H](c2c[nH]c(=O)n(C)c2=O)[C@H](O)[C@@H]1O. The minimum absolute atomic E-state index is 0.139. The molecule has 5 saturated heterocycles. The number of hydrogen-bond acceptors (Lipinski definition) is 23. The van der Waals surface area contributed by atoms with Gasteiger partial charge in [-0.15, -0.1) is 65.9 Å². The molecule has 0 saturated carbocycles. The lowest BCUT2D eigenvalue weighted by Gasteiger charge is -2.30. The zero-order chi connectivity index (χ0) is 81.5. The molecule has 1 aromatic heterocycles. The summed E-state index contributed by atoms with van der Waals surface area (Å²) in [5.41, 5.74) is 1.94. The van der Waals surface area contributed by atoms with Gasteiger partial charge >= 0.3 is 23.8 Å². The quantitative estimate of drug-likeness (QED) is 0.0781. The van der Waals surface area contributed by atoms with Gasteiger partial charge in [0.25, 0.3) is 11.5 Å². The lowest BCUT2D eigenvalue weighted by molar-refractivity contribution is -0.117. The molecule has 0 spiro atoms. The molecule has 37 heteroatoms. The van der Waals surface area contributed by atoms with Crippen LogP contribution in [0.2, 0.25) is 0 Å². The molecule has 0 unspecified atom stereocenters. The lowest BCUT2D eigenvalue weighted by atomic mass is 9.99. The van der Waals surface area contributed by atoms with Gasteiger partial charge in [-0.1, -0.05) is 26.3 Å². The van der Waals surface area contributed by atoms with Crippen molar-refractivity contribution >= 4 is 96.1 Å². The van der Waals surface area contributed by atoms with Crippen molar-refractivity contribution in [2.75, 3.05) is 112 Å². The van der Waals surface area contributed by atoms with E-state index < -0.39 is 168 Å². The van der Waals surface area contributed by atoms with Crippen LogP contribution < -0.4 is 37.8 Å². The average molecular weight is 1620 g/mol. The molecule has 10 rings (SSSR count). The third-order valence-corrected chi connectivity index (χ3v) is 26.2. The van der Waals surface area contributed by atoms with Crippen molar-refractivity contribution in [2.45, 2.75) is 154 Å². The molecular formula is C71H118N11O21P5. The van der Waals surface area contributed by atoms with Crippen molar-refractivity contribution in [3.8, 4) is 0 Å². The Morgan fingerprint density at radius 3 is 1.11 bits per heavy atom. The van der Waals surface area contributed by atoms with E-state index in [4.69, 9.17) is 23.7 Å². The molecular weight excluding hydrogens is 1500 g/mol. The summed E-state index contributed by atoms with van der Waals surface area (Å²) in [6.45, 7) is 30.0. The lowest BCUT2D eigenvalue weighted by Crippen LogP contribution is -2.47. The van der Waals surface area contributed by atoms with Crippen LogP contribution in [-0.4, -0.2) is 365 Å². The summed E-state index contributed by atoms with van der Waals surface area (Å²) in [5.74, 6) is -0.172. The fraction of sp³-hybridized carbons (Fsp3) is 0.606. The zero-order valence-corrected chi connectivity index (χ0v) is 68.8. The third kappa shape index (κ3) is 25.0. The van der Waals surface area contributed by atoms with Crippen LogP contribution in [0, 0.1) is 0 Å². The van der Waals surface area contributed by atoms with Crippen molar-refractivity contribution in [2.24, 2.45) is 12.1 Å². The summed E-state index contributed by atoms with van der Waals surface area (Å²) in [6, 6.07) is -0.958. The molecule has 0 radical (unpaired) electrons. The summed E-state index contributed by atoms with van der Waals surface area (Å²) in [7, 11) is 4.55. The number of aromatic amines is 1. The molecule has 0 aromatic carbocycles. The van der Waals surface area contributed by atoms with E-state index >= 15 is 0 Å². The summed E-state index contributed by atoms with van der Waals surface area (Å²) >= 11 is 0. The highest BCUT2D eigenvalue weighted by molar-refractivity contribution is 7.73. The molecule has 32 nitrogen and oxygen atoms in total. The van der Waals surface area contributed by atoms with Gasteiger partial charge in [0.2, 0.25) is 0 Å². The van der Waals surface area contributed by atoms with E-state index in [0.29, 0.717) is 65.9 Å². The number of aliphatic hydroxyl groups is 10. The van der Waals surface area contributed by atoms with Crippen molar-refractivity contribution in [3.05, 3.63) is 117 Å². The summed E-state index contributed by atoms with van der Waals surface area (Å²) in [5, 5.41) is 120. The van der Waals surface area contributed by atoms with E-state index in [1.807, 2.05) is 0 Å². The number of urea groups is 3. The van der Waals surface area contributed by atoms with Crippen LogP contribution in [0.4, 0.5) is 14.4 Å². The Labute approximate surface area is 633 Å². The summed E-state index contributed by atoms with van der Waals surface area (Å²) in [4.78, 5) is 74.1. The number of aliphatic hydroxyl groups excluding tert-OH is 10. The minimum atomic E-state index is -1.27. The van der Waals surface area contributed by atoms with Gasteiger partial charge in [0.05, 0.1) is 36.1 Å². The molecule has 9 aliphatic rings. The Morgan fingerprint density at radius 2 is 0.759 bits per heavy atom. The van der Waals surface area contributed by atoms with Crippen molar-refractivity contribution in [1.82, 2.24) is 50.9 Å². The second kappa shape index (κ2) is 37.4. The van der Waals surface area contributed by atoms with Crippen molar-refractivity contribution < 1.29 is 93.9 Å². The standard InChI is InChI=1S/2C15H25N2O4P.C14H23N2O5P.C14H23N2O4P.C13H22N3O4P/c2*1-9-10(8-17(2)15(20)16-9)14-13(19)12(18)11(21-14)6-7-22(3,4)5;1-16-13(19)8(7-15-14(16)20)12-11(18)10(17)9(21-12)5-6-22(2,3)4;1-8-9(7-15-14(19)16-8)13-12(18)11(17)10(20-13)5-6-21(2,3)4;1-8-15-10(17)7-14-16(8)13-12(19)11(18)9(20-13)5-6-21(2,3)4/h2*8,11-14,18-19H,1,3,6-7H2,2,4-5H3,(H,16,20);7,9-12,17-18H,2,5-6H2,1,3-4H3,(H,15,20);7,10-13,17-18H,1-2,5-6H2,3-4H3,(H2,15,16,19);7,9,11-13,18-19H,1-2,5-6H2,3-4H3,(H,15,17)/t2*11-,12-,13-,14+;9-,10-,11-,12+;10-,11-,12-,13+;9-,11-,12-,13-/m11111/s1. The predicted octanol–water partition coefficient (Wildman–Crippen LogP) is 0.296. The van der Waals surface area contributed by atoms with E-state index in [-0.39, 0.29) is 35.4 Å². The van der Waals surface area contributed by atoms with Gasteiger partial charge in [-0.25, -0.2) is 24.2 Å². The highest BCUT2D eigenvalue weighted by Gasteiger charge is 2.50. The monoisotopic (exact) mass is 1620 g/mol. The predicted molar refractivity (Wildman–Crippen MR) is 435 cm³/mol. The van der Waals surface area contributed by atoms with Gasteiger partial charge < -0.3 is 116 Å². The van der Waals surface area contributed by atoms with Gasteiger partial charge in [0.1, 0.15) is 97.5 Å². The van der Waals surface area contributed by atoms with Crippen LogP contribution in [0.3, 0.4) is 0 Å². The Balaban J connectivity index is 0.000000211. The Morgan fingerprint density at radius 1 is 0.435 bits per heavy atom.